The van der Waals surface area contributed by atoms with Gasteiger partial charge in [0.1, 0.15) is 12.9 Å². The highest BCUT2D eigenvalue weighted by Gasteiger charge is 2.04. The van der Waals surface area contributed by atoms with Crippen LogP contribution in [0.5, 0.6) is 0 Å². The van der Waals surface area contributed by atoms with E-state index in [1.165, 1.54) is 0 Å². The van der Waals surface area contributed by atoms with E-state index in [2.05, 4.69) is 32.9 Å². The van der Waals surface area contributed by atoms with Crippen LogP contribution in [0.25, 0.3) is 16.7 Å². The lowest BCUT2D eigenvalue weighted by molar-refractivity contribution is 0.159. The summed E-state index contributed by atoms with van der Waals surface area (Å²) in [6, 6.07) is 16.3. The lowest BCUT2D eigenvalue weighted by atomic mass is 10.1. The molecule has 0 unspecified atom stereocenters. The van der Waals surface area contributed by atoms with Crippen LogP contribution < -0.4 is 0 Å². The second kappa shape index (κ2) is 5.79. The molecule has 0 aliphatic rings. The van der Waals surface area contributed by atoms with E-state index in [0.29, 0.717) is 6.61 Å². The van der Waals surface area contributed by atoms with Crippen LogP contribution in [-0.4, -0.2) is 21.9 Å². The summed E-state index contributed by atoms with van der Waals surface area (Å²) in [6.45, 7) is 4.44. The molecule has 1 heterocycles. The second-order valence-electron chi connectivity index (χ2n) is 4.74. The summed E-state index contributed by atoms with van der Waals surface area (Å²) in [5, 5.41) is 4.05. The molecule has 3 aromatic rings. The molecule has 3 rings (SSSR count). The standard InChI is InChI=1S/C17H17N3O/c1-3-21-19-13(2)14-8-10-15(11-9-14)20-12-18-16-6-4-5-7-17(16)20/h4-12H,3H2,1-2H3. The molecular weight excluding hydrogens is 262 g/mol. The van der Waals surface area contributed by atoms with Crippen LogP contribution in [0.15, 0.2) is 60.0 Å². The Morgan fingerprint density at radius 1 is 1.14 bits per heavy atom. The van der Waals surface area contributed by atoms with E-state index in [1.54, 1.807) is 0 Å². The molecule has 0 amide bonds. The van der Waals surface area contributed by atoms with Crippen molar-refractivity contribution in [2.45, 2.75) is 13.8 Å². The summed E-state index contributed by atoms with van der Waals surface area (Å²) in [7, 11) is 0. The fourth-order valence-electron chi connectivity index (χ4n) is 2.24. The molecule has 0 N–H and O–H groups in total. The summed E-state index contributed by atoms with van der Waals surface area (Å²) in [6.07, 6.45) is 1.85. The molecule has 0 spiro atoms. The van der Waals surface area contributed by atoms with Crippen molar-refractivity contribution in [3.05, 3.63) is 60.4 Å². The number of benzene rings is 2. The molecule has 0 radical (unpaired) electrons. The first-order valence-corrected chi connectivity index (χ1v) is 6.99. The van der Waals surface area contributed by atoms with Crippen LogP contribution in [0.4, 0.5) is 0 Å². The van der Waals surface area contributed by atoms with Gasteiger partial charge in [-0.3, -0.25) is 4.57 Å². The van der Waals surface area contributed by atoms with E-state index in [9.17, 15) is 0 Å². The fourth-order valence-corrected chi connectivity index (χ4v) is 2.24. The Bertz CT molecular complexity index is 772. The molecule has 0 aliphatic carbocycles. The van der Waals surface area contributed by atoms with Gasteiger partial charge < -0.3 is 4.84 Å². The lowest BCUT2D eigenvalue weighted by Gasteiger charge is -2.06. The Balaban J connectivity index is 1.94. The zero-order chi connectivity index (χ0) is 14.7. The summed E-state index contributed by atoms with van der Waals surface area (Å²) in [5.74, 6) is 0. The van der Waals surface area contributed by atoms with Crippen LogP contribution in [0.1, 0.15) is 19.4 Å². The molecule has 21 heavy (non-hydrogen) atoms. The zero-order valence-corrected chi connectivity index (χ0v) is 12.2. The van der Waals surface area contributed by atoms with Crippen LogP contribution in [-0.2, 0) is 4.84 Å². The number of imidazole rings is 1. The maximum absolute atomic E-state index is 5.08. The smallest absolute Gasteiger partial charge is 0.114 e. The molecular formula is C17H17N3O. The van der Waals surface area contributed by atoms with Crippen molar-refractivity contribution in [1.29, 1.82) is 0 Å². The van der Waals surface area contributed by atoms with Gasteiger partial charge in [-0.05, 0) is 43.7 Å². The third-order valence-electron chi connectivity index (χ3n) is 3.35. The van der Waals surface area contributed by atoms with Crippen molar-refractivity contribution < 1.29 is 4.84 Å². The van der Waals surface area contributed by atoms with E-state index in [1.807, 2.05) is 50.5 Å². The van der Waals surface area contributed by atoms with E-state index in [-0.39, 0.29) is 0 Å². The fraction of sp³-hybridized carbons (Fsp3) is 0.176. The number of para-hydroxylation sites is 2. The topological polar surface area (TPSA) is 39.4 Å². The first-order valence-electron chi connectivity index (χ1n) is 6.99. The van der Waals surface area contributed by atoms with E-state index in [0.717, 1.165) is 28.0 Å². The van der Waals surface area contributed by atoms with E-state index < -0.39 is 0 Å². The highest BCUT2D eigenvalue weighted by molar-refractivity contribution is 5.98. The minimum atomic E-state index is 0.580. The SMILES string of the molecule is CCON=C(C)c1ccc(-n2cnc3ccccc32)cc1. The van der Waals surface area contributed by atoms with Gasteiger partial charge in [0.05, 0.1) is 16.7 Å². The Hall–Kier alpha value is -2.62. The van der Waals surface area contributed by atoms with Gasteiger partial charge >= 0.3 is 0 Å². The maximum atomic E-state index is 5.08. The number of oxime groups is 1. The molecule has 0 aliphatic heterocycles. The van der Waals surface area contributed by atoms with Crippen LogP contribution >= 0.6 is 0 Å². The third kappa shape index (κ3) is 2.65. The van der Waals surface area contributed by atoms with Crippen molar-refractivity contribution in [2.75, 3.05) is 6.61 Å². The Morgan fingerprint density at radius 2 is 1.90 bits per heavy atom. The zero-order valence-electron chi connectivity index (χ0n) is 12.2. The highest BCUT2D eigenvalue weighted by atomic mass is 16.6. The van der Waals surface area contributed by atoms with Gasteiger partial charge in [0.25, 0.3) is 0 Å². The maximum Gasteiger partial charge on any atom is 0.114 e. The molecule has 4 nitrogen and oxygen atoms in total. The summed E-state index contributed by atoms with van der Waals surface area (Å²) >= 11 is 0. The Labute approximate surface area is 123 Å². The van der Waals surface area contributed by atoms with Crippen LogP contribution in [0, 0.1) is 0 Å². The van der Waals surface area contributed by atoms with Crippen LogP contribution in [0.3, 0.4) is 0 Å². The van der Waals surface area contributed by atoms with Crippen molar-refractivity contribution in [2.24, 2.45) is 5.16 Å². The lowest BCUT2D eigenvalue weighted by Crippen LogP contribution is -1.98. The Morgan fingerprint density at radius 3 is 2.67 bits per heavy atom. The number of hydrogen-bond donors (Lipinski definition) is 0. The molecule has 0 bridgehead atoms. The molecule has 0 atom stereocenters. The molecule has 1 aromatic heterocycles. The van der Waals surface area contributed by atoms with E-state index in [4.69, 9.17) is 4.84 Å². The quantitative estimate of drug-likeness (QED) is 0.538. The van der Waals surface area contributed by atoms with Gasteiger partial charge in [0, 0.05) is 5.69 Å². The summed E-state index contributed by atoms with van der Waals surface area (Å²) in [5.41, 5.74) is 5.10. The van der Waals surface area contributed by atoms with Gasteiger partial charge in [-0.25, -0.2) is 4.98 Å². The van der Waals surface area contributed by atoms with Crippen molar-refractivity contribution >= 4 is 16.7 Å². The average Bonchev–Trinajstić information content (AvgIpc) is 2.97. The molecule has 0 fully saturated rings. The number of rotatable bonds is 4. The third-order valence-corrected chi connectivity index (χ3v) is 3.35. The van der Waals surface area contributed by atoms with E-state index >= 15 is 0 Å². The predicted octanol–water partition coefficient (Wildman–Crippen LogP) is 3.79. The Kier molecular flexibility index (Phi) is 3.69. The van der Waals surface area contributed by atoms with Crippen molar-refractivity contribution in [1.82, 2.24) is 9.55 Å². The van der Waals surface area contributed by atoms with Crippen molar-refractivity contribution in [3.63, 3.8) is 0 Å². The molecule has 0 saturated heterocycles. The predicted molar refractivity (Wildman–Crippen MR) is 84.9 cm³/mol. The average molecular weight is 279 g/mol. The molecule has 4 heteroatoms. The highest BCUT2D eigenvalue weighted by Crippen LogP contribution is 2.18. The van der Waals surface area contributed by atoms with Gasteiger partial charge in [0.2, 0.25) is 0 Å². The normalized spacial score (nSPS) is 11.8. The van der Waals surface area contributed by atoms with Crippen LogP contribution in [0.2, 0.25) is 0 Å². The first-order chi connectivity index (χ1) is 10.3. The van der Waals surface area contributed by atoms with Gasteiger partial charge in [0.15, 0.2) is 0 Å². The van der Waals surface area contributed by atoms with Gasteiger partial charge in [-0.1, -0.05) is 29.4 Å². The summed E-state index contributed by atoms with van der Waals surface area (Å²) < 4.78 is 2.08. The monoisotopic (exact) mass is 279 g/mol. The number of nitrogens with zero attached hydrogens (tertiary/aromatic N) is 3. The van der Waals surface area contributed by atoms with Gasteiger partial charge in [-0.15, -0.1) is 0 Å². The number of fused-ring (bicyclic) bond motifs is 1. The second-order valence-corrected chi connectivity index (χ2v) is 4.74. The minimum Gasteiger partial charge on any atom is -0.396 e. The van der Waals surface area contributed by atoms with Gasteiger partial charge in [-0.2, -0.15) is 0 Å². The minimum absolute atomic E-state index is 0.580. The van der Waals surface area contributed by atoms with Crippen molar-refractivity contribution in [3.8, 4) is 5.69 Å². The molecule has 106 valence electrons. The number of hydrogen-bond acceptors (Lipinski definition) is 3. The summed E-state index contributed by atoms with van der Waals surface area (Å²) in [4.78, 5) is 9.49. The first kappa shape index (κ1) is 13.4. The molecule has 0 saturated carbocycles. The molecule has 2 aromatic carbocycles. The number of aromatic nitrogens is 2. The largest absolute Gasteiger partial charge is 0.396 e.